The van der Waals surface area contributed by atoms with Crippen LogP contribution in [0.25, 0.3) is 10.7 Å². The molecule has 1 aromatic carbocycles. The van der Waals surface area contributed by atoms with Gasteiger partial charge in [-0.2, -0.15) is 0 Å². The normalized spacial score (nSPS) is 14.2. The Hall–Kier alpha value is -3.30. The number of hydrazine groups is 1. The molecule has 8 nitrogen and oxygen atoms in total. The first-order valence-corrected chi connectivity index (χ1v) is 11.5. The minimum atomic E-state index is -0.298. The molecule has 1 saturated heterocycles. The van der Waals surface area contributed by atoms with Crippen LogP contribution in [-0.2, 0) is 16.0 Å². The van der Waals surface area contributed by atoms with Gasteiger partial charge in [-0.05, 0) is 24.3 Å². The second kappa shape index (κ2) is 10.8. The lowest BCUT2D eigenvalue weighted by atomic mass is 10.2. The maximum Gasteiger partial charge on any atom is 0.244 e. The van der Waals surface area contributed by atoms with Gasteiger partial charge in [0, 0.05) is 56.4 Å². The number of pyridine rings is 1. The number of carbonyl (C=O) groups is 2. The van der Waals surface area contributed by atoms with Crippen molar-refractivity contribution in [2.24, 2.45) is 0 Å². The van der Waals surface area contributed by atoms with Crippen molar-refractivity contribution in [3.8, 4) is 10.7 Å². The number of aromatic nitrogens is 2. The second-order valence-electron chi connectivity index (χ2n) is 7.55. The number of rotatable bonds is 7. The van der Waals surface area contributed by atoms with Gasteiger partial charge in [-0.3, -0.25) is 30.3 Å². The van der Waals surface area contributed by atoms with Crippen molar-refractivity contribution in [2.75, 3.05) is 37.6 Å². The van der Waals surface area contributed by atoms with Crippen molar-refractivity contribution in [2.45, 2.75) is 12.8 Å². The Balaban J connectivity index is 1.13. The van der Waals surface area contributed by atoms with Gasteiger partial charge in [-0.15, -0.1) is 11.3 Å². The van der Waals surface area contributed by atoms with E-state index in [0.717, 1.165) is 36.9 Å². The molecular formula is C23H26N6O2S. The molecule has 9 heteroatoms. The van der Waals surface area contributed by atoms with E-state index in [1.807, 2.05) is 41.8 Å². The second-order valence-corrected chi connectivity index (χ2v) is 8.40. The molecule has 0 unspecified atom stereocenters. The molecule has 2 aromatic heterocycles. The van der Waals surface area contributed by atoms with Crippen molar-refractivity contribution in [3.05, 3.63) is 65.8 Å². The maximum absolute atomic E-state index is 12.1. The molecule has 0 saturated carbocycles. The van der Waals surface area contributed by atoms with Crippen LogP contribution in [0.4, 0.5) is 5.69 Å². The molecule has 0 radical (unpaired) electrons. The quantitative estimate of drug-likeness (QED) is 0.536. The highest BCUT2D eigenvalue weighted by Crippen LogP contribution is 2.21. The van der Waals surface area contributed by atoms with Crippen molar-refractivity contribution in [1.29, 1.82) is 0 Å². The third-order valence-electron chi connectivity index (χ3n) is 5.27. The predicted molar refractivity (Wildman–Crippen MR) is 125 cm³/mol. The van der Waals surface area contributed by atoms with Crippen LogP contribution in [0.15, 0.2) is 60.1 Å². The summed E-state index contributed by atoms with van der Waals surface area (Å²) in [7, 11) is 0. The number of nitrogens with zero attached hydrogens (tertiary/aromatic N) is 4. The summed E-state index contributed by atoms with van der Waals surface area (Å²) in [5.74, 6) is -0.496. The molecule has 0 aliphatic carbocycles. The topological polar surface area (TPSA) is 90.5 Å². The molecule has 3 heterocycles. The molecule has 0 spiro atoms. The molecular weight excluding hydrogens is 424 g/mol. The zero-order valence-electron chi connectivity index (χ0n) is 17.7. The Morgan fingerprint density at radius 2 is 1.69 bits per heavy atom. The summed E-state index contributed by atoms with van der Waals surface area (Å²) in [6, 6.07) is 16.0. The van der Waals surface area contributed by atoms with Crippen LogP contribution < -0.4 is 15.8 Å². The van der Waals surface area contributed by atoms with Crippen molar-refractivity contribution >= 4 is 28.8 Å². The molecule has 1 aliphatic rings. The number of amides is 2. The van der Waals surface area contributed by atoms with Gasteiger partial charge in [-0.25, -0.2) is 4.98 Å². The van der Waals surface area contributed by atoms with E-state index in [4.69, 9.17) is 0 Å². The lowest BCUT2D eigenvalue weighted by Crippen LogP contribution is -2.48. The van der Waals surface area contributed by atoms with Gasteiger partial charge >= 0.3 is 0 Å². The Morgan fingerprint density at radius 3 is 2.44 bits per heavy atom. The first-order chi connectivity index (χ1) is 15.7. The monoisotopic (exact) mass is 450 g/mol. The highest BCUT2D eigenvalue weighted by Gasteiger charge is 2.18. The van der Waals surface area contributed by atoms with E-state index in [1.54, 1.807) is 6.20 Å². The van der Waals surface area contributed by atoms with E-state index in [0.29, 0.717) is 18.7 Å². The van der Waals surface area contributed by atoms with E-state index in [9.17, 15) is 9.59 Å². The Labute approximate surface area is 191 Å². The van der Waals surface area contributed by atoms with Gasteiger partial charge in [0.15, 0.2) is 0 Å². The number of thiazole rings is 1. The largest absolute Gasteiger partial charge is 0.369 e. The van der Waals surface area contributed by atoms with E-state index < -0.39 is 0 Å². The van der Waals surface area contributed by atoms with Crippen LogP contribution in [0.3, 0.4) is 0 Å². The molecule has 0 atom stereocenters. The van der Waals surface area contributed by atoms with E-state index >= 15 is 0 Å². The molecule has 2 N–H and O–H groups in total. The maximum atomic E-state index is 12.1. The molecule has 0 bridgehead atoms. The Morgan fingerprint density at radius 1 is 0.938 bits per heavy atom. The molecule has 3 aromatic rings. The Bertz CT molecular complexity index is 1020. The van der Waals surface area contributed by atoms with E-state index in [-0.39, 0.29) is 18.2 Å². The number of carbonyl (C=O) groups excluding carboxylic acids is 2. The van der Waals surface area contributed by atoms with Gasteiger partial charge in [0.05, 0.1) is 17.8 Å². The number of anilines is 1. The number of para-hydroxylation sites is 1. The molecule has 1 aliphatic heterocycles. The third-order valence-corrected chi connectivity index (χ3v) is 6.18. The smallest absolute Gasteiger partial charge is 0.244 e. The zero-order chi connectivity index (χ0) is 22.2. The summed E-state index contributed by atoms with van der Waals surface area (Å²) in [6.45, 7) is 4.38. The number of hydrogen-bond donors (Lipinski definition) is 2. The van der Waals surface area contributed by atoms with Crippen LogP contribution in [0, 0.1) is 0 Å². The SMILES string of the molecule is O=C(CCN1CCN(c2ccccc2)CC1)NNC(=O)Cc1csc(-c2ccccn2)n1. The molecule has 32 heavy (non-hydrogen) atoms. The van der Waals surface area contributed by atoms with E-state index in [2.05, 4.69) is 42.8 Å². The highest BCUT2D eigenvalue weighted by atomic mass is 32.1. The van der Waals surface area contributed by atoms with Gasteiger partial charge in [0.2, 0.25) is 11.8 Å². The van der Waals surface area contributed by atoms with Crippen molar-refractivity contribution < 1.29 is 9.59 Å². The summed E-state index contributed by atoms with van der Waals surface area (Å²) in [5.41, 5.74) is 7.65. The zero-order valence-corrected chi connectivity index (χ0v) is 18.6. The van der Waals surface area contributed by atoms with Gasteiger partial charge < -0.3 is 4.90 Å². The molecule has 2 amide bonds. The van der Waals surface area contributed by atoms with Crippen LogP contribution in [-0.4, -0.2) is 59.4 Å². The third kappa shape index (κ3) is 6.12. The van der Waals surface area contributed by atoms with Crippen LogP contribution in [0.1, 0.15) is 12.1 Å². The average Bonchev–Trinajstić information content (AvgIpc) is 3.31. The number of benzene rings is 1. The van der Waals surface area contributed by atoms with Crippen molar-refractivity contribution in [3.63, 3.8) is 0 Å². The lowest BCUT2D eigenvalue weighted by Gasteiger charge is -2.36. The number of hydrogen-bond acceptors (Lipinski definition) is 7. The fourth-order valence-electron chi connectivity index (χ4n) is 3.53. The van der Waals surface area contributed by atoms with Crippen LogP contribution >= 0.6 is 11.3 Å². The molecule has 166 valence electrons. The van der Waals surface area contributed by atoms with Gasteiger partial charge in [0.25, 0.3) is 0 Å². The highest BCUT2D eigenvalue weighted by molar-refractivity contribution is 7.13. The number of piperazine rings is 1. The summed E-state index contributed by atoms with van der Waals surface area (Å²) in [4.78, 5) is 37.6. The molecule has 4 rings (SSSR count). The first kappa shape index (κ1) is 21.9. The lowest BCUT2D eigenvalue weighted by molar-refractivity contribution is -0.128. The summed E-state index contributed by atoms with van der Waals surface area (Å²) in [5, 5.41) is 2.60. The Kier molecular flexibility index (Phi) is 7.42. The van der Waals surface area contributed by atoms with Crippen molar-refractivity contribution in [1.82, 2.24) is 25.7 Å². The fraction of sp³-hybridized carbons (Fsp3) is 0.304. The predicted octanol–water partition coefficient (Wildman–Crippen LogP) is 2.11. The van der Waals surface area contributed by atoms with E-state index in [1.165, 1.54) is 17.0 Å². The standard InChI is InChI=1S/C23H26N6O2S/c30-21(9-11-28-12-14-29(15-13-28)19-6-2-1-3-7-19)26-27-22(31)16-18-17-32-23(25-18)20-8-4-5-10-24-20/h1-8,10,17H,9,11-16H2,(H,26,30)(H,27,31). The van der Waals surface area contributed by atoms with Crippen LogP contribution in [0.2, 0.25) is 0 Å². The summed E-state index contributed by atoms with van der Waals surface area (Å²) < 4.78 is 0. The minimum Gasteiger partial charge on any atom is -0.369 e. The summed E-state index contributed by atoms with van der Waals surface area (Å²) in [6.07, 6.45) is 2.15. The van der Waals surface area contributed by atoms with Gasteiger partial charge in [0.1, 0.15) is 5.01 Å². The van der Waals surface area contributed by atoms with Gasteiger partial charge in [-0.1, -0.05) is 24.3 Å². The minimum absolute atomic E-state index is 0.102. The fourth-order valence-corrected chi connectivity index (χ4v) is 4.33. The molecule has 1 fully saturated rings. The number of nitrogens with one attached hydrogen (secondary N) is 2. The first-order valence-electron chi connectivity index (χ1n) is 10.6. The average molecular weight is 451 g/mol. The summed E-state index contributed by atoms with van der Waals surface area (Å²) >= 11 is 1.44. The van der Waals surface area contributed by atoms with Crippen LogP contribution in [0.5, 0.6) is 0 Å².